The highest BCUT2D eigenvalue weighted by molar-refractivity contribution is 5.86. The Kier molecular flexibility index (Phi) is 7.70. The van der Waals surface area contributed by atoms with Crippen LogP contribution in [0.1, 0.15) is 57.1 Å². The van der Waals surface area contributed by atoms with Gasteiger partial charge in [0.25, 0.3) is 0 Å². The molecule has 4 rings (SSSR count). The fourth-order valence-electron chi connectivity index (χ4n) is 5.79. The van der Waals surface area contributed by atoms with Crippen LogP contribution in [0, 0.1) is 11.3 Å². The number of hydrogen-bond acceptors (Lipinski definition) is 4. The number of ether oxygens (including phenoxy) is 1. The number of rotatable bonds is 6. The van der Waals surface area contributed by atoms with Crippen molar-refractivity contribution in [2.75, 3.05) is 13.2 Å². The molecule has 0 unspecified atom stereocenters. The third-order valence-electron chi connectivity index (χ3n) is 7.90. The van der Waals surface area contributed by atoms with Gasteiger partial charge in [0.05, 0.1) is 28.3 Å². The quantitative estimate of drug-likeness (QED) is 0.500. The van der Waals surface area contributed by atoms with Crippen LogP contribution in [0.25, 0.3) is 11.0 Å². The van der Waals surface area contributed by atoms with Gasteiger partial charge < -0.3 is 19.9 Å². The fourth-order valence-corrected chi connectivity index (χ4v) is 5.79. The Morgan fingerprint density at radius 3 is 2.42 bits per heavy atom. The molecule has 2 aromatic rings. The van der Waals surface area contributed by atoms with E-state index >= 15 is 0 Å². The number of H-pyrrole nitrogens is 1. The van der Waals surface area contributed by atoms with Crippen LogP contribution in [-0.4, -0.2) is 58.2 Å². The Bertz CT molecular complexity index is 1170. The van der Waals surface area contributed by atoms with E-state index in [-0.39, 0.29) is 74.4 Å². The Balaban J connectivity index is 1.56. The van der Waals surface area contributed by atoms with Crippen molar-refractivity contribution in [3.63, 3.8) is 0 Å². The molecule has 0 radical (unpaired) electrons. The van der Waals surface area contributed by atoms with E-state index in [1.807, 2.05) is 0 Å². The smallest absolute Gasteiger partial charge is 0.381 e. The highest BCUT2D eigenvalue weighted by Gasteiger charge is 2.54. The molecule has 13 heteroatoms. The zero-order chi connectivity index (χ0) is 27.9. The molecule has 0 spiro atoms. The lowest BCUT2D eigenvalue weighted by atomic mass is 9.74. The molecule has 1 aliphatic heterocycles. The van der Waals surface area contributed by atoms with Crippen molar-refractivity contribution >= 4 is 22.8 Å². The van der Waals surface area contributed by atoms with Crippen molar-refractivity contribution in [1.82, 2.24) is 20.2 Å². The summed E-state index contributed by atoms with van der Waals surface area (Å²) in [7, 11) is 0. The first-order chi connectivity index (χ1) is 17.7. The number of imidazole rings is 1. The molecule has 1 aromatic heterocycles. The average molecular weight is 549 g/mol. The molecule has 1 aliphatic carbocycles. The molecule has 0 bridgehead atoms. The predicted octanol–water partition coefficient (Wildman–Crippen LogP) is 4.96. The molecule has 210 valence electrons. The molecular formula is C25H30F6N4O3. The Morgan fingerprint density at radius 1 is 1.13 bits per heavy atom. The highest BCUT2D eigenvalue weighted by atomic mass is 19.4. The molecule has 1 saturated heterocycles. The number of carbonyl (C=O) groups excluding carboxylic acids is 2. The minimum absolute atomic E-state index is 0.0239. The lowest BCUT2D eigenvalue weighted by molar-refractivity contribution is -0.192. The van der Waals surface area contributed by atoms with Crippen LogP contribution < -0.4 is 5.32 Å². The van der Waals surface area contributed by atoms with Crippen molar-refractivity contribution in [1.29, 1.82) is 0 Å². The van der Waals surface area contributed by atoms with E-state index in [9.17, 15) is 35.9 Å². The van der Waals surface area contributed by atoms with Gasteiger partial charge in [-0.05, 0) is 55.7 Å². The Morgan fingerprint density at radius 2 is 1.82 bits per heavy atom. The van der Waals surface area contributed by atoms with E-state index < -0.39 is 47.2 Å². The zero-order valence-corrected chi connectivity index (χ0v) is 21.0. The number of halogens is 6. The highest BCUT2D eigenvalue weighted by Crippen LogP contribution is 2.48. The van der Waals surface area contributed by atoms with Crippen LogP contribution in [-0.2, 0) is 27.0 Å². The molecule has 2 fully saturated rings. The van der Waals surface area contributed by atoms with Gasteiger partial charge in [-0.25, -0.2) is 4.98 Å². The number of aromatic nitrogens is 2. The number of carbonyl (C=O) groups is 2. The molecule has 38 heavy (non-hydrogen) atoms. The molecule has 1 saturated carbocycles. The van der Waals surface area contributed by atoms with Crippen molar-refractivity contribution in [3.05, 3.63) is 29.6 Å². The van der Waals surface area contributed by atoms with Crippen LogP contribution >= 0.6 is 0 Å². The third-order valence-corrected chi connectivity index (χ3v) is 7.90. The maximum absolute atomic E-state index is 13.6. The van der Waals surface area contributed by atoms with Crippen LogP contribution in [0.4, 0.5) is 26.3 Å². The standard InChI is InChI=1S/C25H30F6N4O3/c1-14(2)23(6-3-18(11-23)35(22(37)25(29,30)31)17-4-7-38-8-5-17)21(36)32-12-15-9-16(24(26,27)28)10-19-20(15)34-13-33-19/h9-10,13-14,17-18H,3-8,11-12H2,1-2H3,(H,32,36)(H,33,34)/t18-,23+/m1/s1. The van der Waals surface area contributed by atoms with Gasteiger partial charge >= 0.3 is 18.3 Å². The fraction of sp³-hybridized carbons (Fsp3) is 0.640. The van der Waals surface area contributed by atoms with E-state index in [1.165, 1.54) is 6.33 Å². The third kappa shape index (κ3) is 5.48. The summed E-state index contributed by atoms with van der Waals surface area (Å²) in [5, 5.41) is 2.72. The monoisotopic (exact) mass is 548 g/mol. The number of nitrogens with one attached hydrogen (secondary N) is 2. The Labute approximate surface area is 215 Å². The summed E-state index contributed by atoms with van der Waals surface area (Å²) in [6, 6.07) is 0.421. The molecule has 2 heterocycles. The largest absolute Gasteiger partial charge is 0.471 e. The minimum Gasteiger partial charge on any atom is -0.381 e. The first kappa shape index (κ1) is 28.2. The van der Waals surface area contributed by atoms with Crippen molar-refractivity contribution < 1.29 is 40.7 Å². The predicted molar refractivity (Wildman–Crippen MR) is 125 cm³/mol. The average Bonchev–Trinajstić information content (AvgIpc) is 3.50. The van der Waals surface area contributed by atoms with Crippen LogP contribution in [0.15, 0.2) is 18.5 Å². The van der Waals surface area contributed by atoms with Gasteiger partial charge in [-0.2, -0.15) is 26.3 Å². The summed E-state index contributed by atoms with van der Waals surface area (Å²) in [5.41, 5.74) is -1.37. The number of hydrogen-bond donors (Lipinski definition) is 2. The summed E-state index contributed by atoms with van der Waals surface area (Å²) in [6.07, 6.45) is -7.38. The van der Waals surface area contributed by atoms with E-state index in [0.29, 0.717) is 0 Å². The molecule has 2 N–H and O–H groups in total. The van der Waals surface area contributed by atoms with E-state index in [1.54, 1.807) is 13.8 Å². The molecule has 7 nitrogen and oxygen atoms in total. The summed E-state index contributed by atoms with van der Waals surface area (Å²) in [6.45, 7) is 3.81. The first-order valence-corrected chi connectivity index (χ1v) is 12.5. The number of amides is 2. The maximum Gasteiger partial charge on any atom is 0.471 e. The topological polar surface area (TPSA) is 87.3 Å². The molecular weight excluding hydrogens is 518 g/mol. The second-order valence-corrected chi connectivity index (χ2v) is 10.4. The van der Waals surface area contributed by atoms with Crippen molar-refractivity contribution in [2.24, 2.45) is 11.3 Å². The summed E-state index contributed by atoms with van der Waals surface area (Å²) >= 11 is 0. The van der Waals surface area contributed by atoms with Crippen molar-refractivity contribution in [3.8, 4) is 0 Å². The van der Waals surface area contributed by atoms with Gasteiger partial charge in [0.1, 0.15) is 0 Å². The molecule has 1 aromatic carbocycles. The Hall–Kier alpha value is -2.83. The van der Waals surface area contributed by atoms with Crippen LogP contribution in [0.5, 0.6) is 0 Å². The summed E-state index contributed by atoms with van der Waals surface area (Å²) in [5.74, 6) is -2.68. The van der Waals surface area contributed by atoms with Gasteiger partial charge in [0, 0.05) is 31.8 Å². The lowest BCUT2D eigenvalue weighted by Gasteiger charge is -2.40. The van der Waals surface area contributed by atoms with Crippen molar-refractivity contribution in [2.45, 2.75) is 76.9 Å². The maximum atomic E-state index is 13.6. The molecule has 2 amide bonds. The van der Waals surface area contributed by atoms with Crippen LogP contribution in [0.3, 0.4) is 0 Å². The molecule has 2 atom stereocenters. The van der Waals surface area contributed by atoms with E-state index in [0.717, 1.165) is 17.0 Å². The van der Waals surface area contributed by atoms with Gasteiger partial charge in [-0.3, -0.25) is 9.59 Å². The number of fused-ring (bicyclic) bond motifs is 1. The number of benzene rings is 1. The van der Waals surface area contributed by atoms with Crippen LogP contribution in [0.2, 0.25) is 0 Å². The number of aromatic amines is 1. The van der Waals surface area contributed by atoms with E-state index in [2.05, 4.69) is 15.3 Å². The minimum atomic E-state index is -5.05. The normalized spacial score (nSPS) is 23.2. The van der Waals surface area contributed by atoms with Gasteiger partial charge in [0.2, 0.25) is 5.91 Å². The van der Waals surface area contributed by atoms with Gasteiger partial charge in [0.15, 0.2) is 0 Å². The number of alkyl halides is 6. The SMILES string of the molecule is CC(C)[C@]1(C(=O)NCc2cc(C(F)(F)F)cc3[nH]cnc23)CC[C@@H](N(C(=O)C(F)(F)F)C2CCOCC2)C1. The van der Waals surface area contributed by atoms with Gasteiger partial charge in [-0.15, -0.1) is 0 Å². The first-order valence-electron chi connectivity index (χ1n) is 12.5. The van der Waals surface area contributed by atoms with Gasteiger partial charge in [-0.1, -0.05) is 13.8 Å². The van der Waals surface area contributed by atoms with E-state index in [4.69, 9.17) is 4.74 Å². The second kappa shape index (κ2) is 10.4. The lowest BCUT2D eigenvalue weighted by Crippen LogP contribution is -2.54. The summed E-state index contributed by atoms with van der Waals surface area (Å²) in [4.78, 5) is 33.6. The number of nitrogens with zero attached hydrogens (tertiary/aromatic N) is 2. The molecule has 2 aliphatic rings. The summed E-state index contributed by atoms with van der Waals surface area (Å²) < 4.78 is 86.1. The second-order valence-electron chi connectivity index (χ2n) is 10.4. The zero-order valence-electron chi connectivity index (χ0n) is 21.0.